The van der Waals surface area contributed by atoms with Crippen LogP contribution in [0.2, 0.25) is 0 Å². The van der Waals surface area contributed by atoms with Gasteiger partial charge in [-0.2, -0.15) is 0 Å². The molecule has 5 rings (SSSR count). The predicted octanol–water partition coefficient (Wildman–Crippen LogP) is 6.60. The maximum atomic E-state index is 14.2. The van der Waals surface area contributed by atoms with Gasteiger partial charge in [0.1, 0.15) is 18.3 Å². The summed E-state index contributed by atoms with van der Waals surface area (Å²) in [6, 6.07) is 29.5. The van der Waals surface area contributed by atoms with Crippen molar-refractivity contribution in [3.8, 4) is 11.5 Å². The summed E-state index contributed by atoms with van der Waals surface area (Å²) in [6.07, 6.45) is -0.363. The van der Waals surface area contributed by atoms with Gasteiger partial charge in [-0.3, -0.25) is 14.4 Å². The summed E-state index contributed by atoms with van der Waals surface area (Å²) < 4.78 is 12.1. The molecule has 4 unspecified atom stereocenters. The first-order valence-electron chi connectivity index (χ1n) is 15.5. The molecule has 1 saturated carbocycles. The molecule has 238 valence electrons. The number of rotatable bonds is 10. The van der Waals surface area contributed by atoms with Gasteiger partial charge < -0.3 is 25.2 Å². The summed E-state index contributed by atoms with van der Waals surface area (Å²) in [4.78, 5) is 42.0. The van der Waals surface area contributed by atoms with Crippen LogP contribution in [0.25, 0.3) is 0 Å². The Balaban J connectivity index is 1.58. The second-order valence-electron chi connectivity index (χ2n) is 12.0. The van der Waals surface area contributed by atoms with Gasteiger partial charge in [-0.1, -0.05) is 72.8 Å². The van der Waals surface area contributed by atoms with E-state index in [0.29, 0.717) is 41.7 Å². The lowest BCUT2D eigenvalue weighted by atomic mass is 9.61. The minimum atomic E-state index is -1.75. The van der Waals surface area contributed by atoms with Crippen molar-refractivity contribution in [3.05, 3.63) is 119 Å². The molecule has 4 atom stereocenters. The number of Topliss-reactive ketones (excluding diaryl/α,β-unsaturated/α-hetero) is 1. The van der Waals surface area contributed by atoms with E-state index in [1.165, 1.54) is 6.92 Å². The highest BCUT2D eigenvalue weighted by atomic mass is 16.5. The van der Waals surface area contributed by atoms with E-state index in [0.717, 1.165) is 16.7 Å². The molecule has 46 heavy (non-hydrogen) atoms. The number of ether oxygens (including phenoxy) is 2. The number of carbonyl (C=O) groups excluding carboxylic acids is 3. The minimum Gasteiger partial charge on any atom is -0.490 e. The molecular formula is C38H40N2O6. The van der Waals surface area contributed by atoms with E-state index in [2.05, 4.69) is 10.6 Å². The fourth-order valence-corrected chi connectivity index (χ4v) is 6.19. The summed E-state index contributed by atoms with van der Waals surface area (Å²) in [5.41, 5.74) is 2.54. The molecule has 0 heterocycles. The van der Waals surface area contributed by atoms with Gasteiger partial charge in [0.05, 0.1) is 18.1 Å². The summed E-state index contributed by atoms with van der Waals surface area (Å²) >= 11 is 0. The zero-order valence-electron chi connectivity index (χ0n) is 26.6. The molecule has 8 heteroatoms. The van der Waals surface area contributed by atoms with Crippen LogP contribution in [0, 0.1) is 25.7 Å². The van der Waals surface area contributed by atoms with E-state index in [1.807, 2.05) is 81.4 Å². The van der Waals surface area contributed by atoms with Gasteiger partial charge in [0.15, 0.2) is 11.5 Å². The van der Waals surface area contributed by atoms with Gasteiger partial charge in [0.2, 0.25) is 11.8 Å². The lowest BCUT2D eigenvalue weighted by Gasteiger charge is -2.44. The highest BCUT2D eigenvalue weighted by molar-refractivity contribution is 6.10. The molecule has 0 bridgehead atoms. The van der Waals surface area contributed by atoms with Crippen LogP contribution in [0.15, 0.2) is 97.1 Å². The van der Waals surface area contributed by atoms with Crippen molar-refractivity contribution in [1.29, 1.82) is 0 Å². The molecule has 1 aliphatic carbocycles. The average molecular weight is 621 g/mol. The molecule has 0 saturated heterocycles. The number of aryl methyl sites for hydroxylation is 2. The third-order valence-corrected chi connectivity index (χ3v) is 8.53. The van der Waals surface area contributed by atoms with E-state index in [-0.39, 0.29) is 6.42 Å². The molecule has 0 aliphatic heterocycles. The predicted molar refractivity (Wildman–Crippen MR) is 178 cm³/mol. The fraction of sp³-hybridized carbons (Fsp3) is 0.289. The van der Waals surface area contributed by atoms with Gasteiger partial charge in [0, 0.05) is 23.7 Å². The monoisotopic (exact) mass is 620 g/mol. The van der Waals surface area contributed by atoms with Gasteiger partial charge in [-0.15, -0.1) is 0 Å². The number of carbonyl (C=O) groups is 3. The zero-order valence-corrected chi connectivity index (χ0v) is 26.6. The van der Waals surface area contributed by atoms with Crippen LogP contribution in [0.1, 0.15) is 48.4 Å². The highest BCUT2D eigenvalue weighted by Gasteiger charge is 2.56. The van der Waals surface area contributed by atoms with Crippen molar-refractivity contribution in [1.82, 2.24) is 0 Å². The van der Waals surface area contributed by atoms with Crippen molar-refractivity contribution < 1.29 is 29.0 Å². The Hall–Kier alpha value is -4.95. The van der Waals surface area contributed by atoms with E-state index >= 15 is 0 Å². The van der Waals surface area contributed by atoms with Crippen molar-refractivity contribution in [3.63, 3.8) is 0 Å². The number of benzene rings is 4. The summed E-state index contributed by atoms with van der Waals surface area (Å²) in [7, 11) is 0. The number of aliphatic hydroxyl groups is 1. The van der Waals surface area contributed by atoms with Crippen molar-refractivity contribution in [2.45, 2.75) is 52.2 Å². The Kier molecular flexibility index (Phi) is 9.87. The first-order valence-corrected chi connectivity index (χ1v) is 15.5. The maximum Gasteiger partial charge on any atom is 0.235 e. The van der Waals surface area contributed by atoms with E-state index in [9.17, 15) is 19.5 Å². The van der Waals surface area contributed by atoms with E-state index in [4.69, 9.17) is 9.47 Å². The van der Waals surface area contributed by atoms with Gasteiger partial charge >= 0.3 is 0 Å². The molecule has 8 nitrogen and oxygen atoms in total. The average Bonchev–Trinajstić information content (AvgIpc) is 3.02. The van der Waals surface area contributed by atoms with Gasteiger partial charge in [-0.25, -0.2) is 0 Å². The second-order valence-corrected chi connectivity index (χ2v) is 12.0. The normalized spacial score (nSPS) is 20.9. The number of hydrogen-bond donors (Lipinski definition) is 3. The van der Waals surface area contributed by atoms with Crippen LogP contribution in [-0.2, 0) is 21.0 Å². The van der Waals surface area contributed by atoms with Crippen LogP contribution >= 0.6 is 0 Å². The number of nitrogens with one attached hydrogen (secondary N) is 2. The van der Waals surface area contributed by atoms with Crippen LogP contribution in [0.3, 0.4) is 0 Å². The second kappa shape index (κ2) is 14.0. The van der Waals surface area contributed by atoms with Crippen molar-refractivity contribution in [2.75, 3.05) is 17.2 Å². The molecule has 1 fully saturated rings. The summed E-state index contributed by atoms with van der Waals surface area (Å²) in [6.45, 7) is 7.70. The Morgan fingerprint density at radius 3 is 2.00 bits per heavy atom. The quantitative estimate of drug-likeness (QED) is 0.172. The molecule has 0 aromatic heterocycles. The number of ketones is 1. The smallest absolute Gasteiger partial charge is 0.235 e. The maximum absolute atomic E-state index is 14.2. The Labute approximate surface area is 269 Å². The topological polar surface area (TPSA) is 114 Å². The third-order valence-electron chi connectivity index (χ3n) is 8.53. The van der Waals surface area contributed by atoms with Gasteiger partial charge in [0.25, 0.3) is 0 Å². The zero-order chi connectivity index (χ0) is 32.8. The van der Waals surface area contributed by atoms with Crippen LogP contribution in [-0.4, -0.2) is 34.9 Å². The largest absolute Gasteiger partial charge is 0.490 e. The number of hydrogen-bond acceptors (Lipinski definition) is 6. The number of amides is 2. The minimum absolute atomic E-state index is 0.305. The number of para-hydroxylation sites is 2. The van der Waals surface area contributed by atoms with Crippen LogP contribution in [0.5, 0.6) is 11.5 Å². The molecule has 1 aliphatic rings. The summed E-state index contributed by atoms with van der Waals surface area (Å²) in [5, 5.41) is 17.6. The first kappa shape index (κ1) is 32.4. The molecule has 2 amide bonds. The standard InChI is InChI=1S/C38H40N2O6/c1-5-45-32-21-27(19-20-31(32)46-23-26-15-7-6-8-16-26)33-34(36(42)39-28-17-11-9-13-24(28)2)30(41)22-38(4,44)35(33)37(43)40-29-18-12-10-14-25(29)3/h6-21,33-35,44H,5,22-23H2,1-4H3,(H,39,42)(H,40,43). The highest BCUT2D eigenvalue weighted by Crippen LogP contribution is 2.48. The third kappa shape index (κ3) is 7.13. The molecule has 4 aromatic rings. The molecule has 0 spiro atoms. The summed E-state index contributed by atoms with van der Waals surface area (Å²) in [5.74, 6) is -4.06. The molecule has 4 aromatic carbocycles. The fourth-order valence-electron chi connectivity index (χ4n) is 6.19. The van der Waals surface area contributed by atoms with E-state index in [1.54, 1.807) is 36.4 Å². The van der Waals surface area contributed by atoms with Crippen molar-refractivity contribution in [2.24, 2.45) is 11.8 Å². The molecule has 3 N–H and O–H groups in total. The first-order chi connectivity index (χ1) is 22.1. The SMILES string of the molecule is CCOc1cc(C2C(C(=O)Nc3ccccc3C)C(=O)CC(C)(O)C2C(=O)Nc2ccccc2C)ccc1OCc1ccccc1. The Morgan fingerprint density at radius 1 is 0.804 bits per heavy atom. The lowest BCUT2D eigenvalue weighted by Crippen LogP contribution is -2.56. The van der Waals surface area contributed by atoms with Crippen molar-refractivity contribution >= 4 is 29.0 Å². The lowest BCUT2D eigenvalue weighted by molar-refractivity contribution is -0.150. The number of anilines is 2. The Bertz CT molecular complexity index is 1720. The van der Waals surface area contributed by atoms with Gasteiger partial charge in [-0.05, 0) is 74.2 Å². The van der Waals surface area contributed by atoms with Crippen LogP contribution in [0.4, 0.5) is 11.4 Å². The van der Waals surface area contributed by atoms with Crippen LogP contribution < -0.4 is 20.1 Å². The molecular weight excluding hydrogens is 580 g/mol. The van der Waals surface area contributed by atoms with E-state index < -0.39 is 41.0 Å². The Morgan fingerprint density at radius 2 is 1.39 bits per heavy atom. The molecule has 0 radical (unpaired) electrons.